The summed E-state index contributed by atoms with van der Waals surface area (Å²) >= 11 is 0. The molecule has 0 heterocycles. The van der Waals surface area contributed by atoms with E-state index < -0.39 is 29.0 Å². The molecule has 7 heteroatoms. The van der Waals surface area contributed by atoms with Gasteiger partial charge in [-0.1, -0.05) is 0 Å². The zero-order chi connectivity index (χ0) is 11.6. The molecule has 3 N–H and O–H groups in total. The Bertz CT molecular complexity index is 453. The van der Waals surface area contributed by atoms with E-state index in [2.05, 4.69) is 0 Å². The molecule has 86 valence electrons. The van der Waals surface area contributed by atoms with E-state index in [1.807, 2.05) is 0 Å². The second-order valence-corrected chi connectivity index (χ2v) is 2.68. The molecular weight excluding hydrogens is 284 g/mol. The predicted octanol–water partition coefficient (Wildman–Crippen LogP) is 1.36. The predicted molar refractivity (Wildman–Crippen MR) is 57.6 cm³/mol. The Labute approximate surface area is 99.9 Å². The first kappa shape index (κ1) is 14.1. The van der Waals surface area contributed by atoms with Crippen LogP contribution in [0.1, 0.15) is 31.1 Å². The van der Waals surface area contributed by atoms with E-state index in [-0.39, 0.29) is 22.5 Å². The number of benzene rings is 1. The van der Waals surface area contributed by atoms with Crippen molar-refractivity contribution < 1.29 is 29.7 Å². The van der Waals surface area contributed by atoms with Crippen LogP contribution in [0.2, 0.25) is 0 Å². The van der Waals surface area contributed by atoms with Crippen molar-refractivity contribution >= 4 is 34.9 Å². The molecule has 0 aliphatic rings. The maximum atomic E-state index is 10.6. The van der Waals surface area contributed by atoms with Gasteiger partial charge in [0.2, 0.25) is 0 Å². The molecule has 0 aliphatic heterocycles. The van der Waals surface area contributed by atoms with Gasteiger partial charge in [0.1, 0.15) is 0 Å². The quantitative estimate of drug-likeness (QED) is 0.775. The summed E-state index contributed by atoms with van der Waals surface area (Å²) in [5.41, 5.74) is -1.24. The lowest BCUT2D eigenvalue weighted by atomic mass is 10.0. The lowest BCUT2D eigenvalue weighted by molar-refractivity contribution is 0.0649. The third-order valence-electron chi connectivity index (χ3n) is 1.73. The first-order chi connectivity index (χ1) is 6.93. The SMILES string of the molecule is Br.O=C(O)c1ccc(C(=O)O)c(C(=O)O)c1. The summed E-state index contributed by atoms with van der Waals surface area (Å²) in [5, 5.41) is 25.9. The minimum absolute atomic E-state index is 0. The molecular formula is C9H7BrO6. The number of hydrogen-bond donors (Lipinski definition) is 3. The van der Waals surface area contributed by atoms with Crippen molar-refractivity contribution in [1.82, 2.24) is 0 Å². The van der Waals surface area contributed by atoms with Crippen molar-refractivity contribution in [1.29, 1.82) is 0 Å². The second kappa shape index (κ2) is 5.26. The molecule has 1 aromatic carbocycles. The van der Waals surface area contributed by atoms with Gasteiger partial charge in [0, 0.05) is 0 Å². The van der Waals surface area contributed by atoms with Crippen LogP contribution in [0.3, 0.4) is 0 Å². The van der Waals surface area contributed by atoms with Gasteiger partial charge >= 0.3 is 17.9 Å². The van der Waals surface area contributed by atoms with Gasteiger partial charge in [0.15, 0.2) is 0 Å². The number of carboxylic acids is 3. The van der Waals surface area contributed by atoms with Gasteiger partial charge < -0.3 is 15.3 Å². The normalized spacial score (nSPS) is 9.00. The zero-order valence-corrected chi connectivity index (χ0v) is 9.42. The van der Waals surface area contributed by atoms with Crippen LogP contribution in [-0.4, -0.2) is 33.2 Å². The number of rotatable bonds is 3. The monoisotopic (exact) mass is 290 g/mol. The third-order valence-corrected chi connectivity index (χ3v) is 1.73. The summed E-state index contributed by atoms with van der Waals surface area (Å²) < 4.78 is 0. The van der Waals surface area contributed by atoms with Crippen molar-refractivity contribution in [3.8, 4) is 0 Å². The Morgan fingerprint density at radius 3 is 1.69 bits per heavy atom. The molecule has 0 fully saturated rings. The fourth-order valence-corrected chi connectivity index (χ4v) is 1.04. The van der Waals surface area contributed by atoms with Crippen LogP contribution >= 0.6 is 17.0 Å². The number of aromatic carboxylic acids is 3. The van der Waals surface area contributed by atoms with Crippen molar-refractivity contribution in [3.63, 3.8) is 0 Å². The van der Waals surface area contributed by atoms with Gasteiger partial charge in [-0.3, -0.25) is 0 Å². The van der Waals surface area contributed by atoms with Gasteiger partial charge in [-0.05, 0) is 18.2 Å². The molecule has 0 unspecified atom stereocenters. The fraction of sp³-hybridized carbons (Fsp3) is 0. The molecule has 6 nitrogen and oxygen atoms in total. The number of hydrogen-bond acceptors (Lipinski definition) is 3. The fourth-order valence-electron chi connectivity index (χ4n) is 1.04. The zero-order valence-electron chi connectivity index (χ0n) is 7.71. The van der Waals surface area contributed by atoms with Gasteiger partial charge in [-0.15, -0.1) is 17.0 Å². The largest absolute Gasteiger partial charge is 0.478 e. The van der Waals surface area contributed by atoms with Crippen molar-refractivity contribution in [2.75, 3.05) is 0 Å². The van der Waals surface area contributed by atoms with Crippen LogP contribution < -0.4 is 0 Å². The maximum Gasteiger partial charge on any atom is 0.336 e. The molecule has 0 atom stereocenters. The van der Waals surface area contributed by atoms with Gasteiger partial charge in [-0.2, -0.15) is 0 Å². The molecule has 0 amide bonds. The maximum absolute atomic E-state index is 10.6. The standard InChI is InChI=1S/C9H6O6.BrH/c10-7(11)4-1-2-5(8(12)13)6(3-4)9(14)15;/h1-3H,(H,10,11)(H,12,13)(H,14,15);1H. The van der Waals surface area contributed by atoms with Crippen LogP contribution in [-0.2, 0) is 0 Å². The average molecular weight is 291 g/mol. The molecule has 0 aliphatic carbocycles. The van der Waals surface area contributed by atoms with Gasteiger partial charge in [0.05, 0.1) is 16.7 Å². The van der Waals surface area contributed by atoms with E-state index in [0.717, 1.165) is 18.2 Å². The molecule has 0 radical (unpaired) electrons. The smallest absolute Gasteiger partial charge is 0.336 e. The van der Waals surface area contributed by atoms with Gasteiger partial charge in [0.25, 0.3) is 0 Å². The van der Waals surface area contributed by atoms with Crippen LogP contribution in [0, 0.1) is 0 Å². The van der Waals surface area contributed by atoms with E-state index in [1.165, 1.54) is 0 Å². The topological polar surface area (TPSA) is 112 Å². The van der Waals surface area contributed by atoms with E-state index in [1.54, 1.807) is 0 Å². The lowest BCUT2D eigenvalue weighted by Crippen LogP contribution is -2.10. The van der Waals surface area contributed by atoms with E-state index in [0.29, 0.717) is 0 Å². The van der Waals surface area contributed by atoms with Crippen LogP contribution in [0.25, 0.3) is 0 Å². The number of halogens is 1. The molecule has 0 spiro atoms. The summed E-state index contributed by atoms with van der Waals surface area (Å²) in [6.07, 6.45) is 0. The Morgan fingerprint density at radius 2 is 1.31 bits per heavy atom. The first-order valence-electron chi connectivity index (χ1n) is 3.77. The van der Waals surface area contributed by atoms with Crippen LogP contribution in [0.4, 0.5) is 0 Å². The molecule has 1 aromatic rings. The van der Waals surface area contributed by atoms with Crippen molar-refractivity contribution in [2.45, 2.75) is 0 Å². The molecule has 16 heavy (non-hydrogen) atoms. The molecule has 0 aromatic heterocycles. The van der Waals surface area contributed by atoms with Crippen molar-refractivity contribution in [2.24, 2.45) is 0 Å². The van der Waals surface area contributed by atoms with E-state index in [4.69, 9.17) is 15.3 Å². The molecule has 0 saturated carbocycles. The van der Waals surface area contributed by atoms with E-state index >= 15 is 0 Å². The highest BCUT2D eigenvalue weighted by Gasteiger charge is 2.17. The minimum Gasteiger partial charge on any atom is -0.478 e. The first-order valence-corrected chi connectivity index (χ1v) is 3.77. The summed E-state index contributed by atoms with van der Waals surface area (Å²) in [4.78, 5) is 31.8. The van der Waals surface area contributed by atoms with Gasteiger partial charge in [-0.25, -0.2) is 14.4 Å². The second-order valence-electron chi connectivity index (χ2n) is 2.68. The summed E-state index contributed by atoms with van der Waals surface area (Å²) in [7, 11) is 0. The average Bonchev–Trinajstić information content (AvgIpc) is 2.16. The Hall–Kier alpha value is -1.89. The van der Waals surface area contributed by atoms with Crippen LogP contribution in [0.5, 0.6) is 0 Å². The highest BCUT2D eigenvalue weighted by Crippen LogP contribution is 2.12. The lowest BCUT2D eigenvalue weighted by Gasteiger charge is -2.02. The molecule has 1 rings (SSSR count). The minimum atomic E-state index is -1.48. The molecule has 0 bridgehead atoms. The van der Waals surface area contributed by atoms with Crippen molar-refractivity contribution in [3.05, 3.63) is 34.9 Å². The van der Waals surface area contributed by atoms with Crippen LogP contribution in [0.15, 0.2) is 18.2 Å². The third kappa shape index (κ3) is 2.80. The Morgan fingerprint density at radius 1 is 0.812 bits per heavy atom. The number of carbonyl (C=O) groups is 3. The number of carboxylic acid groups (broad SMARTS) is 3. The van der Waals surface area contributed by atoms with E-state index in [9.17, 15) is 14.4 Å². The summed E-state index contributed by atoms with van der Waals surface area (Å²) in [5.74, 6) is -4.20. The Kier molecular flexibility index (Phi) is 4.64. The summed E-state index contributed by atoms with van der Waals surface area (Å²) in [6, 6.07) is 2.81. The Balaban J connectivity index is 0.00000225. The highest BCUT2D eigenvalue weighted by atomic mass is 79.9. The molecule has 0 saturated heterocycles. The highest BCUT2D eigenvalue weighted by molar-refractivity contribution is 8.93. The summed E-state index contributed by atoms with van der Waals surface area (Å²) in [6.45, 7) is 0.